The van der Waals surface area contributed by atoms with Crippen LogP contribution in [0, 0.1) is 6.92 Å². The normalized spacial score (nSPS) is 21.4. The summed E-state index contributed by atoms with van der Waals surface area (Å²) in [5.74, 6) is 0. The fourth-order valence-electron chi connectivity index (χ4n) is 2.30. The molecule has 1 aliphatic rings. The molecule has 0 spiro atoms. The van der Waals surface area contributed by atoms with Crippen molar-refractivity contribution >= 4 is 5.65 Å². The SMILES string of the molecule is Cc1cccn2cc(C3CCCCO3)nc12. The van der Waals surface area contributed by atoms with Crippen molar-refractivity contribution in [2.75, 3.05) is 6.61 Å². The molecule has 0 bridgehead atoms. The van der Waals surface area contributed by atoms with Gasteiger partial charge in [-0.15, -0.1) is 0 Å². The van der Waals surface area contributed by atoms with Gasteiger partial charge in [-0.3, -0.25) is 0 Å². The van der Waals surface area contributed by atoms with Gasteiger partial charge in [0, 0.05) is 19.0 Å². The Bertz CT molecular complexity index is 498. The number of pyridine rings is 1. The van der Waals surface area contributed by atoms with Crippen LogP contribution in [-0.2, 0) is 4.74 Å². The Morgan fingerprint density at radius 1 is 1.44 bits per heavy atom. The molecule has 0 aromatic carbocycles. The minimum Gasteiger partial charge on any atom is -0.372 e. The average molecular weight is 216 g/mol. The van der Waals surface area contributed by atoms with Gasteiger partial charge in [0.15, 0.2) is 0 Å². The molecule has 3 heteroatoms. The lowest BCUT2D eigenvalue weighted by molar-refractivity contribution is 0.0126. The first-order valence-corrected chi connectivity index (χ1v) is 5.90. The monoisotopic (exact) mass is 216 g/mol. The van der Waals surface area contributed by atoms with Crippen LogP contribution in [0.3, 0.4) is 0 Å². The number of fused-ring (bicyclic) bond motifs is 1. The third-order valence-corrected chi connectivity index (χ3v) is 3.21. The highest BCUT2D eigenvalue weighted by Gasteiger charge is 2.19. The number of hydrogen-bond acceptors (Lipinski definition) is 2. The van der Waals surface area contributed by atoms with Crippen molar-refractivity contribution in [1.29, 1.82) is 0 Å². The maximum Gasteiger partial charge on any atom is 0.140 e. The summed E-state index contributed by atoms with van der Waals surface area (Å²) in [6.45, 7) is 2.96. The fourth-order valence-corrected chi connectivity index (χ4v) is 2.30. The number of rotatable bonds is 1. The molecule has 1 unspecified atom stereocenters. The minimum absolute atomic E-state index is 0.202. The van der Waals surface area contributed by atoms with Gasteiger partial charge in [-0.05, 0) is 37.8 Å². The highest BCUT2D eigenvalue weighted by atomic mass is 16.5. The van der Waals surface area contributed by atoms with Gasteiger partial charge in [0.2, 0.25) is 0 Å². The zero-order chi connectivity index (χ0) is 11.0. The molecule has 0 N–H and O–H groups in total. The summed E-state index contributed by atoms with van der Waals surface area (Å²) < 4.78 is 7.84. The lowest BCUT2D eigenvalue weighted by Gasteiger charge is -2.20. The molecule has 1 aliphatic heterocycles. The third-order valence-electron chi connectivity index (χ3n) is 3.21. The van der Waals surface area contributed by atoms with Crippen LogP contribution in [0.15, 0.2) is 24.5 Å². The molecule has 0 saturated carbocycles. The predicted octanol–water partition coefficient (Wildman–Crippen LogP) is 2.88. The van der Waals surface area contributed by atoms with E-state index in [4.69, 9.17) is 4.74 Å². The minimum atomic E-state index is 0.202. The second-order valence-electron chi connectivity index (χ2n) is 4.44. The van der Waals surface area contributed by atoms with Crippen molar-refractivity contribution in [2.45, 2.75) is 32.3 Å². The first-order chi connectivity index (χ1) is 7.84. The van der Waals surface area contributed by atoms with Gasteiger partial charge in [-0.1, -0.05) is 6.07 Å². The van der Waals surface area contributed by atoms with E-state index in [2.05, 4.69) is 34.6 Å². The second-order valence-corrected chi connectivity index (χ2v) is 4.44. The molecule has 1 saturated heterocycles. The number of aryl methyl sites for hydroxylation is 1. The molecule has 1 atom stereocenters. The van der Waals surface area contributed by atoms with Crippen LogP contribution in [0.1, 0.15) is 36.6 Å². The van der Waals surface area contributed by atoms with Gasteiger partial charge in [0.1, 0.15) is 11.8 Å². The van der Waals surface area contributed by atoms with Crippen molar-refractivity contribution in [3.63, 3.8) is 0 Å². The maximum absolute atomic E-state index is 5.76. The van der Waals surface area contributed by atoms with Crippen LogP contribution < -0.4 is 0 Å². The Kier molecular flexibility index (Phi) is 2.40. The second kappa shape index (κ2) is 3.91. The number of ether oxygens (including phenoxy) is 1. The summed E-state index contributed by atoms with van der Waals surface area (Å²) in [6, 6.07) is 4.14. The molecule has 16 heavy (non-hydrogen) atoms. The Morgan fingerprint density at radius 3 is 3.12 bits per heavy atom. The Labute approximate surface area is 95.1 Å². The van der Waals surface area contributed by atoms with Crippen LogP contribution in [0.2, 0.25) is 0 Å². The van der Waals surface area contributed by atoms with E-state index in [1.54, 1.807) is 0 Å². The van der Waals surface area contributed by atoms with Crippen LogP contribution in [-0.4, -0.2) is 16.0 Å². The molecule has 3 nitrogen and oxygen atoms in total. The van der Waals surface area contributed by atoms with E-state index in [0.717, 1.165) is 24.4 Å². The zero-order valence-corrected chi connectivity index (χ0v) is 9.52. The lowest BCUT2D eigenvalue weighted by Crippen LogP contribution is -2.11. The van der Waals surface area contributed by atoms with Gasteiger partial charge < -0.3 is 9.14 Å². The predicted molar refractivity (Wildman–Crippen MR) is 62.5 cm³/mol. The Morgan fingerprint density at radius 2 is 2.38 bits per heavy atom. The molecule has 0 amide bonds. The van der Waals surface area contributed by atoms with Crippen LogP contribution in [0.4, 0.5) is 0 Å². The summed E-state index contributed by atoms with van der Waals surface area (Å²) in [7, 11) is 0. The van der Waals surface area contributed by atoms with Gasteiger partial charge in [-0.25, -0.2) is 4.98 Å². The quantitative estimate of drug-likeness (QED) is 0.732. The summed E-state index contributed by atoms with van der Waals surface area (Å²) in [5.41, 5.74) is 3.34. The highest BCUT2D eigenvalue weighted by molar-refractivity contribution is 5.48. The molecule has 0 aliphatic carbocycles. The van der Waals surface area contributed by atoms with Gasteiger partial charge in [0.05, 0.1) is 5.69 Å². The topological polar surface area (TPSA) is 26.5 Å². The maximum atomic E-state index is 5.76. The van der Waals surface area contributed by atoms with E-state index < -0.39 is 0 Å². The Balaban J connectivity index is 2.01. The van der Waals surface area contributed by atoms with Crippen molar-refractivity contribution in [3.8, 4) is 0 Å². The molecule has 0 radical (unpaired) electrons. The van der Waals surface area contributed by atoms with Crippen LogP contribution in [0.25, 0.3) is 5.65 Å². The number of hydrogen-bond donors (Lipinski definition) is 0. The molecule has 2 aromatic rings. The fraction of sp³-hybridized carbons (Fsp3) is 0.462. The van der Waals surface area contributed by atoms with Crippen LogP contribution >= 0.6 is 0 Å². The summed E-state index contributed by atoms with van der Waals surface area (Å²) in [6.07, 6.45) is 7.87. The van der Waals surface area contributed by atoms with Crippen molar-refractivity contribution in [3.05, 3.63) is 35.8 Å². The molecule has 3 rings (SSSR count). The van der Waals surface area contributed by atoms with Crippen molar-refractivity contribution in [2.24, 2.45) is 0 Å². The van der Waals surface area contributed by atoms with E-state index in [9.17, 15) is 0 Å². The average Bonchev–Trinajstić information content (AvgIpc) is 2.76. The highest BCUT2D eigenvalue weighted by Crippen LogP contribution is 2.27. The van der Waals surface area contributed by atoms with E-state index in [0.29, 0.717) is 0 Å². The standard InChI is InChI=1S/C13H16N2O/c1-10-5-4-7-15-9-11(14-13(10)15)12-6-2-3-8-16-12/h4-5,7,9,12H,2-3,6,8H2,1H3. The molecule has 3 heterocycles. The van der Waals surface area contributed by atoms with E-state index >= 15 is 0 Å². The van der Waals surface area contributed by atoms with Gasteiger partial charge in [0.25, 0.3) is 0 Å². The van der Waals surface area contributed by atoms with E-state index in [1.165, 1.54) is 18.4 Å². The van der Waals surface area contributed by atoms with Gasteiger partial charge >= 0.3 is 0 Å². The number of nitrogens with zero attached hydrogens (tertiary/aromatic N) is 2. The lowest BCUT2D eigenvalue weighted by atomic mass is 10.1. The first kappa shape index (κ1) is 9.85. The van der Waals surface area contributed by atoms with Crippen LogP contribution in [0.5, 0.6) is 0 Å². The Hall–Kier alpha value is -1.35. The molecule has 84 valence electrons. The molecular weight excluding hydrogens is 200 g/mol. The number of imidazole rings is 1. The molecule has 2 aromatic heterocycles. The third kappa shape index (κ3) is 1.61. The summed E-state index contributed by atoms with van der Waals surface area (Å²) in [5, 5.41) is 0. The van der Waals surface area contributed by atoms with Crippen molar-refractivity contribution < 1.29 is 4.74 Å². The largest absolute Gasteiger partial charge is 0.372 e. The van der Waals surface area contributed by atoms with Crippen molar-refractivity contribution in [1.82, 2.24) is 9.38 Å². The first-order valence-electron chi connectivity index (χ1n) is 5.90. The van der Waals surface area contributed by atoms with E-state index in [-0.39, 0.29) is 6.10 Å². The summed E-state index contributed by atoms with van der Waals surface area (Å²) >= 11 is 0. The smallest absolute Gasteiger partial charge is 0.140 e. The molecular formula is C13H16N2O. The van der Waals surface area contributed by atoms with Gasteiger partial charge in [-0.2, -0.15) is 0 Å². The summed E-state index contributed by atoms with van der Waals surface area (Å²) in [4.78, 5) is 4.67. The van der Waals surface area contributed by atoms with E-state index in [1.807, 2.05) is 6.20 Å². The molecule has 1 fully saturated rings. The number of aromatic nitrogens is 2. The zero-order valence-electron chi connectivity index (χ0n) is 9.52.